The first-order valence-electron chi connectivity index (χ1n) is 6.08. The minimum absolute atomic E-state index is 0.240. The van der Waals surface area contributed by atoms with E-state index in [1.54, 1.807) is 0 Å². The molecule has 0 spiro atoms. The summed E-state index contributed by atoms with van der Waals surface area (Å²) >= 11 is 0. The Labute approximate surface area is 113 Å². The molecule has 0 radical (unpaired) electrons. The highest BCUT2D eigenvalue weighted by atomic mass is 19.4. The number of benzene rings is 1. The summed E-state index contributed by atoms with van der Waals surface area (Å²) in [5.41, 5.74) is -1.28. The van der Waals surface area contributed by atoms with Crippen LogP contribution in [0.1, 0.15) is 15.9 Å². The SMILES string of the molecule is O=CN1CCN(C(=O)c2ccccc2C(F)(F)F)CC1. The number of hydrogen-bond donors (Lipinski definition) is 0. The van der Waals surface area contributed by atoms with E-state index in [1.807, 2.05) is 0 Å². The summed E-state index contributed by atoms with van der Waals surface area (Å²) < 4.78 is 38.6. The highest BCUT2D eigenvalue weighted by molar-refractivity contribution is 5.96. The van der Waals surface area contributed by atoms with Gasteiger partial charge in [-0.3, -0.25) is 9.59 Å². The molecule has 4 nitrogen and oxygen atoms in total. The molecule has 1 aromatic carbocycles. The zero-order chi connectivity index (χ0) is 14.8. The summed E-state index contributed by atoms with van der Waals surface area (Å²) in [4.78, 5) is 25.6. The molecule has 0 aliphatic carbocycles. The normalized spacial score (nSPS) is 16.1. The monoisotopic (exact) mass is 286 g/mol. The van der Waals surface area contributed by atoms with Crippen LogP contribution in [0.25, 0.3) is 0 Å². The molecule has 2 amide bonds. The van der Waals surface area contributed by atoms with Gasteiger partial charge in [0.2, 0.25) is 6.41 Å². The fourth-order valence-electron chi connectivity index (χ4n) is 2.12. The number of carbonyl (C=O) groups excluding carboxylic acids is 2. The summed E-state index contributed by atoms with van der Waals surface area (Å²) in [5, 5.41) is 0. The molecule has 7 heteroatoms. The van der Waals surface area contributed by atoms with Crippen LogP contribution in [0.4, 0.5) is 13.2 Å². The summed E-state index contributed by atoms with van der Waals surface area (Å²) in [5.74, 6) is -0.650. The first kappa shape index (κ1) is 14.4. The van der Waals surface area contributed by atoms with Crippen LogP contribution in [0.5, 0.6) is 0 Å². The number of piperazine rings is 1. The Morgan fingerprint density at radius 2 is 1.70 bits per heavy atom. The van der Waals surface area contributed by atoms with Gasteiger partial charge in [-0.2, -0.15) is 13.2 Å². The second kappa shape index (κ2) is 5.52. The van der Waals surface area contributed by atoms with Crippen molar-refractivity contribution in [2.24, 2.45) is 0 Å². The van der Waals surface area contributed by atoms with Crippen LogP contribution >= 0.6 is 0 Å². The summed E-state index contributed by atoms with van der Waals surface area (Å²) in [7, 11) is 0. The standard InChI is InChI=1S/C13H13F3N2O2/c14-13(15,16)11-4-2-1-3-10(11)12(20)18-7-5-17(9-19)6-8-18/h1-4,9H,5-8H2. The van der Waals surface area contributed by atoms with E-state index < -0.39 is 17.6 Å². The second-order valence-electron chi connectivity index (χ2n) is 4.48. The highest BCUT2D eigenvalue weighted by Gasteiger charge is 2.36. The zero-order valence-corrected chi connectivity index (χ0v) is 10.6. The largest absolute Gasteiger partial charge is 0.417 e. The molecule has 1 fully saturated rings. The third-order valence-corrected chi connectivity index (χ3v) is 3.21. The van der Waals surface area contributed by atoms with Gasteiger partial charge in [0.05, 0.1) is 11.1 Å². The van der Waals surface area contributed by atoms with Gasteiger partial charge in [-0.15, -0.1) is 0 Å². The maximum atomic E-state index is 12.9. The van der Waals surface area contributed by atoms with E-state index in [9.17, 15) is 22.8 Å². The van der Waals surface area contributed by atoms with Crippen LogP contribution in [0.3, 0.4) is 0 Å². The summed E-state index contributed by atoms with van der Waals surface area (Å²) in [6.07, 6.45) is -3.89. The van der Waals surface area contributed by atoms with Gasteiger partial charge in [0.1, 0.15) is 0 Å². The van der Waals surface area contributed by atoms with Crippen LogP contribution in [0.15, 0.2) is 24.3 Å². The maximum Gasteiger partial charge on any atom is 0.417 e. The van der Waals surface area contributed by atoms with Crippen LogP contribution in [-0.2, 0) is 11.0 Å². The molecule has 1 aliphatic rings. The number of amides is 2. The van der Waals surface area contributed by atoms with Gasteiger partial charge in [-0.1, -0.05) is 12.1 Å². The first-order chi connectivity index (χ1) is 9.43. The van der Waals surface area contributed by atoms with Gasteiger partial charge in [0.15, 0.2) is 0 Å². The number of hydrogen-bond acceptors (Lipinski definition) is 2. The molecule has 0 atom stereocenters. The van der Waals surface area contributed by atoms with Crippen molar-refractivity contribution in [3.05, 3.63) is 35.4 Å². The lowest BCUT2D eigenvalue weighted by Gasteiger charge is -2.33. The molecule has 2 rings (SSSR count). The second-order valence-corrected chi connectivity index (χ2v) is 4.48. The van der Waals surface area contributed by atoms with Crippen LogP contribution in [-0.4, -0.2) is 48.3 Å². The third kappa shape index (κ3) is 2.92. The van der Waals surface area contributed by atoms with Crippen molar-refractivity contribution in [3.63, 3.8) is 0 Å². The molecule has 1 saturated heterocycles. The van der Waals surface area contributed by atoms with E-state index >= 15 is 0 Å². The molecule has 0 saturated carbocycles. The lowest BCUT2D eigenvalue weighted by molar-refractivity contribution is -0.138. The zero-order valence-electron chi connectivity index (χ0n) is 10.6. The average Bonchev–Trinajstić information content (AvgIpc) is 2.46. The highest BCUT2D eigenvalue weighted by Crippen LogP contribution is 2.32. The van der Waals surface area contributed by atoms with Crippen LogP contribution in [0, 0.1) is 0 Å². The number of nitrogens with zero attached hydrogens (tertiary/aromatic N) is 2. The van der Waals surface area contributed by atoms with E-state index in [0.29, 0.717) is 19.5 Å². The lowest BCUT2D eigenvalue weighted by atomic mass is 10.1. The van der Waals surface area contributed by atoms with Gasteiger partial charge in [0, 0.05) is 26.2 Å². The van der Waals surface area contributed by atoms with Gasteiger partial charge in [-0.05, 0) is 12.1 Å². The molecule has 0 unspecified atom stereocenters. The minimum atomic E-state index is -4.56. The topological polar surface area (TPSA) is 40.6 Å². The van der Waals surface area contributed by atoms with Crippen molar-refractivity contribution < 1.29 is 22.8 Å². The Bertz CT molecular complexity index is 509. The van der Waals surface area contributed by atoms with Crippen molar-refractivity contribution in [1.29, 1.82) is 0 Å². The van der Waals surface area contributed by atoms with Gasteiger partial charge < -0.3 is 9.80 Å². The fraction of sp³-hybridized carbons (Fsp3) is 0.385. The molecule has 1 aromatic rings. The molecule has 20 heavy (non-hydrogen) atoms. The average molecular weight is 286 g/mol. The molecule has 1 aliphatic heterocycles. The third-order valence-electron chi connectivity index (χ3n) is 3.21. The minimum Gasteiger partial charge on any atom is -0.342 e. The van der Waals surface area contributed by atoms with Crippen LogP contribution in [0.2, 0.25) is 0 Å². The predicted octanol–water partition coefficient (Wildman–Crippen LogP) is 1.62. The van der Waals surface area contributed by atoms with Crippen LogP contribution < -0.4 is 0 Å². The predicted molar refractivity (Wildman–Crippen MR) is 65.0 cm³/mol. The van der Waals surface area contributed by atoms with E-state index in [0.717, 1.165) is 6.07 Å². The molecular weight excluding hydrogens is 273 g/mol. The summed E-state index contributed by atoms with van der Waals surface area (Å²) in [6.45, 7) is 1.15. The molecule has 1 heterocycles. The maximum absolute atomic E-state index is 12.9. The van der Waals surface area contributed by atoms with Crippen molar-refractivity contribution in [2.45, 2.75) is 6.18 Å². The Balaban J connectivity index is 2.20. The Morgan fingerprint density at radius 3 is 2.25 bits per heavy atom. The number of alkyl halides is 3. The Kier molecular flexibility index (Phi) is 3.96. The smallest absolute Gasteiger partial charge is 0.342 e. The van der Waals surface area contributed by atoms with Gasteiger partial charge >= 0.3 is 6.18 Å². The van der Waals surface area contributed by atoms with Crippen molar-refractivity contribution in [1.82, 2.24) is 9.80 Å². The fourth-order valence-corrected chi connectivity index (χ4v) is 2.12. The van der Waals surface area contributed by atoms with Gasteiger partial charge in [0.25, 0.3) is 5.91 Å². The Hall–Kier alpha value is -2.05. The quantitative estimate of drug-likeness (QED) is 0.775. The van der Waals surface area contributed by atoms with Crippen molar-refractivity contribution in [2.75, 3.05) is 26.2 Å². The van der Waals surface area contributed by atoms with E-state index in [2.05, 4.69) is 0 Å². The number of carbonyl (C=O) groups is 2. The molecule has 108 valence electrons. The van der Waals surface area contributed by atoms with E-state index in [-0.39, 0.29) is 18.7 Å². The van der Waals surface area contributed by atoms with E-state index in [1.165, 1.54) is 28.0 Å². The van der Waals surface area contributed by atoms with Gasteiger partial charge in [-0.25, -0.2) is 0 Å². The lowest BCUT2D eigenvalue weighted by Crippen LogP contribution is -2.48. The first-order valence-corrected chi connectivity index (χ1v) is 6.08. The van der Waals surface area contributed by atoms with E-state index in [4.69, 9.17) is 0 Å². The number of rotatable bonds is 2. The molecule has 0 aromatic heterocycles. The number of halogens is 3. The molecule has 0 bridgehead atoms. The van der Waals surface area contributed by atoms with Crippen molar-refractivity contribution in [3.8, 4) is 0 Å². The van der Waals surface area contributed by atoms with Crippen molar-refractivity contribution >= 4 is 12.3 Å². The molecule has 0 N–H and O–H groups in total. The Morgan fingerprint density at radius 1 is 1.10 bits per heavy atom. The summed E-state index contributed by atoms with van der Waals surface area (Å²) in [6, 6.07) is 4.74. The molecular formula is C13H13F3N2O2.